The van der Waals surface area contributed by atoms with Crippen LogP contribution < -0.4 is 0 Å². The van der Waals surface area contributed by atoms with Crippen LogP contribution in [0.4, 0.5) is 0 Å². The SMILES string of the molecule is Cc1ccc(-c2nnc(S[C@@H](C)C(=O)N(C)Cc3ccccc3)o2)cc1C. The van der Waals surface area contributed by atoms with Gasteiger partial charge in [0.15, 0.2) is 0 Å². The van der Waals surface area contributed by atoms with Crippen molar-refractivity contribution in [2.45, 2.75) is 37.8 Å². The molecule has 0 aliphatic rings. The third kappa shape index (κ3) is 4.77. The molecule has 0 saturated heterocycles. The zero-order valence-corrected chi connectivity index (χ0v) is 16.8. The standard InChI is InChI=1S/C21H23N3O2S/c1-14-10-11-18(12-15(14)2)19-22-23-21(26-19)27-16(3)20(25)24(4)13-17-8-6-5-7-9-17/h5-12,16H,13H2,1-4H3/t16-/m0/s1. The van der Waals surface area contributed by atoms with Crippen LogP contribution in [0.5, 0.6) is 0 Å². The molecule has 3 aromatic rings. The predicted octanol–water partition coefficient (Wildman–Crippen LogP) is 4.49. The van der Waals surface area contributed by atoms with Crippen molar-refractivity contribution in [1.29, 1.82) is 0 Å². The summed E-state index contributed by atoms with van der Waals surface area (Å²) in [6.45, 7) is 6.54. The normalized spacial score (nSPS) is 12.0. The van der Waals surface area contributed by atoms with E-state index in [0.29, 0.717) is 17.7 Å². The molecule has 0 spiro atoms. The summed E-state index contributed by atoms with van der Waals surface area (Å²) in [5.74, 6) is 0.493. The van der Waals surface area contributed by atoms with Crippen LogP contribution in [0.1, 0.15) is 23.6 Å². The summed E-state index contributed by atoms with van der Waals surface area (Å²) in [6, 6.07) is 16.0. The first-order valence-electron chi connectivity index (χ1n) is 8.80. The average molecular weight is 382 g/mol. The van der Waals surface area contributed by atoms with Gasteiger partial charge in [-0.25, -0.2) is 0 Å². The molecule has 0 aliphatic heterocycles. The first kappa shape index (κ1) is 19.2. The molecule has 0 N–H and O–H groups in total. The number of aryl methyl sites for hydroxylation is 2. The maximum atomic E-state index is 12.6. The highest BCUT2D eigenvalue weighted by Gasteiger charge is 2.22. The maximum absolute atomic E-state index is 12.6. The van der Waals surface area contributed by atoms with E-state index in [0.717, 1.165) is 11.1 Å². The van der Waals surface area contributed by atoms with Gasteiger partial charge in [0.05, 0.1) is 5.25 Å². The van der Waals surface area contributed by atoms with Crippen LogP contribution >= 0.6 is 11.8 Å². The Bertz CT molecular complexity index is 924. The first-order chi connectivity index (χ1) is 12.9. The van der Waals surface area contributed by atoms with E-state index in [1.54, 1.807) is 11.9 Å². The lowest BCUT2D eigenvalue weighted by molar-refractivity contribution is -0.129. The lowest BCUT2D eigenvalue weighted by Crippen LogP contribution is -2.32. The lowest BCUT2D eigenvalue weighted by Gasteiger charge is -2.20. The Balaban J connectivity index is 1.63. The van der Waals surface area contributed by atoms with Crippen LogP contribution in [0.3, 0.4) is 0 Å². The minimum atomic E-state index is -0.313. The highest BCUT2D eigenvalue weighted by molar-refractivity contribution is 8.00. The van der Waals surface area contributed by atoms with E-state index in [1.807, 2.05) is 62.4 Å². The summed E-state index contributed by atoms with van der Waals surface area (Å²) in [5.41, 5.74) is 4.37. The number of thioether (sulfide) groups is 1. The molecule has 2 aromatic carbocycles. The molecule has 0 aliphatic carbocycles. The van der Waals surface area contributed by atoms with Crippen molar-refractivity contribution in [3.05, 3.63) is 65.2 Å². The van der Waals surface area contributed by atoms with Gasteiger partial charge < -0.3 is 9.32 Å². The Morgan fingerprint density at radius 1 is 1.11 bits per heavy atom. The molecule has 1 aromatic heterocycles. The van der Waals surface area contributed by atoms with Crippen molar-refractivity contribution >= 4 is 17.7 Å². The highest BCUT2D eigenvalue weighted by atomic mass is 32.2. The minimum Gasteiger partial charge on any atom is -0.411 e. The van der Waals surface area contributed by atoms with Crippen LogP contribution in [-0.2, 0) is 11.3 Å². The Kier molecular flexibility index (Phi) is 5.96. The number of amides is 1. The minimum absolute atomic E-state index is 0.0229. The quantitative estimate of drug-likeness (QED) is 0.589. The van der Waals surface area contributed by atoms with Crippen molar-refractivity contribution in [2.75, 3.05) is 7.05 Å². The van der Waals surface area contributed by atoms with Crippen LogP contribution in [0.15, 0.2) is 58.2 Å². The second-order valence-electron chi connectivity index (χ2n) is 6.61. The number of hydrogen-bond donors (Lipinski definition) is 0. The number of rotatable bonds is 6. The largest absolute Gasteiger partial charge is 0.411 e. The van der Waals surface area contributed by atoms with Gasteiger partial charge in [-0.3, -0.25) is 4.79 Å². The van der Waals surface area contributed by atoms with E-state index in [2.05, 4.69) is 17.1 Å². The number of benzene rings is 2. The van der Waals surface area contributed by atoms with Crippen molar-refractivity contribution < 1.29 is 9.21 Å². The molecule has 1 amide bonds. The molecule has 140 valence electrons. The van der Waals surface area contributed by atoms with Crippen LogP contribution in [-0.4, -0.2) is 33.3 Å². The molecule has 0 radical (unpaired) electrons. The first-order valence-corrected chi connectivity index (χ1v) is 9.68. The predicted molar refractivity (Wildman–Crippen MR) is 107 cm³/mol. The van der Waals surface area contributed by atoms with Crippen molar-refractivity contribution in [2.24, 2.45) is 0 Å². The number of nitrogens with zero attached hydrogens (tertiary/aromatic N) is 3. The maximum Gasteiger partial charge on any atom is 0.277 e. The molecule has 1 heterocycles. The second kappa shape index (κ2) is 8.39. The Labute approximate surface area is 163 Å². The Morgan fingerprint density at radius 2 is 1.85 bits per heavy atom. The van der Waals surface area contributed by atoms with Gasteiger partial charge in [0.1, 0.15) is 0 Å². The Hall–Kier alpha value is -2.60. The summed E-state index contributed by atoms with van der Waals surface area (Å²) >= 11 is 1.28. The fourth-order valence-electron chi connectivity index (χ4n) is 2.70. The number of carbonyl (C=O) groups excluding carboxylic acids is 1. The molecule has 3 rings (SSSR count). The molecule has 27 heavy (non-hydrogen) atoms. The van der Waals surface area contributed by atoms with Crippen LogP contribution in [0.2, 0.25) is 0 Å². The van der Waals surface area contributed by atoms with E-state index < -0.39 is 0 Å². The molecule has 0 fully saturated rings. The molecule has 0 saturated carbocycles. The number of carbonyl (C=O) groups is 1. The molecule has 6 heteroatoms. The van der Waals surface area contributed by atoms with E-state index in [9.17, 15) is 4.79 Å². The van der Waals surface area contributed by atoms with E-state index >= 15 is 0 Å². The third-order valence-electron chi connectivity index (χ3n) is 4.42. The summed E-state index contributed by atoms with van der Waals surface area (Å²) < 4.78 is 5.75. The fourth-order valence-corrected chi connectivity index (χ4v) is 3.49. The molecular weight excluding hydrogens is 358 g/mol. The van der Waals surface area contributed by atoms with Gasteiger partial charge in [0, 0.05) is 19.2 Å². The smallest absolute Gasteiger partial charge is 0.277 e. The van der Waals surface area contributed by atoms with Gasteiger partial charge in [0.2, 0.25) is 11.8 Å². The summed E-state index contributed by atoms with van der Waals surface area (Å²) in [4.78, 5) is 14.3. The van der Waals surface area contributed by atoms with Crippen molar-refractivity contribution in [3.63, 3.8) is 0 Å². The average Bonchev–Trinajstić information content (AvgIpc) is 3.12. The van der Waals surface area contributed by atoms with Crippen molar-refractivity contribution in [3.8, 4) is 11.5 Å². The fraction of sp³-hybridized carbons (Fsp3) is 0.286. The van der Waals surface area contributed by atoms with Gasteiger partial charge in [-0.1, -0.05) is 48.2 Å². The van der Waals surface area contributed by atoms with Gasteiger partial charge in [-0.15, -0.1) is 10.2 Å². The third-order valence-corrected chi connectivity index (χ3v) is 5.35. The van der Waals surface area contributed by atoms with Gasteiger partial charge in [-0.05, 0) is 49.6 Å². The summed E-state index contributed by atoms with van der Waals surface area (Å²) in [7, 11) is 1.81. The van der Waals surface area contributed by atoms with Crippen LogP contribution in [0.25, 0.3) is 11.5 Å². The zero-order valence-electron chi connectivity index (χ0n) is 16.0. The van der Waals surface area contributed by atoms with Crippen molar-refractivity contribution in [1.82, 2.24) is 15.1 Å². The van der Waals surface area contributed by atoms with Gasteiger partial charge >= 0.3 is 0 Å². The highest BCUT2D eigenvalue weighted by Crippen LogP contribution is 2.28. The number of aromatic nitrogens is 2. The van der Waals surface area contributed by atoms with E-state index in [1.165, 1.54) is 22.9 Å². The number of hydrogen-bond acceptors (Lipinski definition) is 5. The zero-order chi connectivity index (χ0) is 19.4. The molecule has 1 atom stereocenters. The monoisotopic (exact) mass is 381 g/mol. The topological polar surface area (TPSA) is 59.2 Å². The molecule has 0 bridgehead atoms. The lowest BCUT2D eigenvalue weighted by atomic mass is 10.1. The molecular formula is C21H23N3O2S. The summed E-state index contributed by atoms with van der Waals surface area (Å²) in [6.07, 6.45) is 0. The van der Waals surface area contributed by atoms with Gasteiger partial charge in [0.25, 0.3) is 5.22 Å². The molecule has 0 unspecified atom stereocenters. The molecule has 5 nitrogen and oxygen atoms in total. The van der Waals surface area contributed by atoms with Crippen LogP contribution in [0, 0.1) is 13.8 Å². The van der Waals surface area contributed by atoms with Gasteiger partial charge in [-0.2, -0.15) is 0 Å². The van der Waals surface area contributed by atoms with E-state index in [-0.39, 0.29) is 11.2 Å². The second-order valence-corrected chi connectivity index (χ2v) is 7.90. The van der Waals surface area contributed by atoms with E-state index in [4.69, 9.17) is 4.42 Å². The summed E-state index contributed by atoms with van der Waals surface area (Å²) in [5, 5.41) is 8.29. The Morgan fingerprint density at radius 3 is 2.56 bits per heavy atom.